The first-order chi connectivity index (χ1) is 9.37. The lowest BCUT2D eigenvalue weighted by Crippen LogP contribution is -2.48. The fourth-order valence-electron chi connectivity index (χ4n) is 1.96. The maximum atomic E-state index is 12.1. The van der Waals surface area contributed by atoms with E-state index in [1.807, 2.05) is 20.8 Å². The number of rotatable bonds is 9. The largest absolute Gasteiger partial charge is 0.346 e. The third-order valence-corrected chi connectivity index (χ3v) is 3.80. The highest BCUT2D eigenvalue weighted by Crippen LogP contribution is 2.09. The zero-order valence-corrected chi connectivity index (χ0v) is 13.6. The summed E-state index contributed by atoms with van der Waals surface area (Å²) in [5.41, 5.74) is 5.74. The van der Waals surface area contributed by atoms with Crippen LogP contribution in [0.25, 0.3) is 0 Å². The number of amides is 2. The SMILES string of the molecule is CCC(CC)CN(CC)C(=O)CNC(=O)[C@@H](N)C(C)C. The molecule has 5 nitrogen and oxygen atoms in total. The van der Waals surface area contributed by atoms with Crippen LogP contribution in [0, 0.1) is 11.8 Å². The lowest BCUT2D eigenvalue weighted by Gasteiger charge is -2.26. The van der Waals surface area contributed by atoms with Crippen LogP contribution in [0.2, 0.25) is 0 Å². The van der Waals surface area contributed by atoms with Gasteiger partial charge < -0.3 is 16.0 Å². The molecule has 1 atom stereocenters. The minimum atomic E-state index is -0.558. The quantitative estimate of drug-likeness (QED) is 0.672. The molecular weight excluding hydrogens is 254 g/mol. The second-order valence-corrected chi connectivity index (χ2v) is 5.60. The molecule has 2 amide bonds. The first-order valence-corrected chi connectivity index (χ1v) is 7.68. The predicted octanol–water partition coefficient (Wildman–Crippen LogP) is 1.37. The van der Waals surface area contributed by atoms with Crippen molar-refractivity contribution in [3.05, 3.63) is 0 Å². The number of nitrogens with two attached hydrogens (primary N) is 1. The number of nitrogens with one attached hydrogen (secondary N) is 1. The maximum Gasteiger partial charge on any atom is 0.241 e. The summed E-state index contributed by atoms with van der Waals surface area (Å²) in [6.45, 7) is 11.5. The van der Waals surface area contributed by atoms with Crippen molar-refractivity contribution < 1.29 is 9.59 Å². The van der Waals surface area contributed by atoms with Gasteiger partial charge >= 0.3 is 0 Å². The van der Waals surface area contributed by atoms with E-state index in [0.717, 1.165) is 19.4 Å². The highest BCUT2D eigenvalue weighted by molar-refractivity contribution is 5.87. The summed E-state index contributed by atoms with van der Waals surface area (Å²) >= 11 is 0. The Bertz CT molecular complexity index is 301. The van der Waals surface area contributed by atoms with Crippen LogP contribution < -0.4 is 11.1 Å². The van der Waals surface area contributed by atoms with E-state index in [2.05, 4.69) is 19.2 Å². The van der Waals surface area contributed by atoms with Crippen LogP contribution in [0.4, 0.5) is 0 Å². The number of likely N-dealkylation sites (N-methyl/N-ethyl adjacent to an activating group) is 1. The van der Waals surface area contributed by atoms with Crippen molar-refractivity contribution in [3.63, 3.8) is 0 Å². The van der Waals surface area contributed by atoms with Crippen LogP contribution >= 0.6 is 0 Å². The molecule has 20 heavy (non-hydrogen) atoms. The normalized spacial score (nSPS) is 12.6. The van der Waals surface area contributed by atoms with Gasteiger partial charge in [-0.2, -0.15) is 0 Å². The van der Waals surface area contributed by atoms with Gasteiger partial charge in [0.1, 0.15) is 0 Å². The Morgan fingerprint density at radius 2 is 1.70 bits per heavy atom. The van der Waals surface area contributed by atoms with Crippen LogP contribution in [0.3, 0.4) is 0 Å². The van der Waals surface area contributed by atoms with Gasteiger partial charge in [-0.1, -0.05) is 40.5 Å². The molecule has 0 fully saturated rings. The number of carbonyl (C=O) groups is 2. The zero-order chi connectivity index (χ0) is 15.7. The molecule has 0 radical (unpaired) electrons. The Balaban J connectivity index is 4.32. The van der Waals surface area contributed by atoms with Crippen LogP contribution in [0.1, 0.15) is 47.5 Å². The molecule has 0 saturated heterocycles. The van der Waals surface area contributed by atoms with Gasteiger partial charge in [0.05, 0.1) is 12.6 Å². The first kappa shape index (κ1) is 18.9. The van der Waals surface area contributed by atoms with Crippen molar-refractivity contribution in [2.45, 2.75) is 53.5 Å². The predicted molar refractivity (Wildman–Crippen MR) is 82.1 cm³/mol. The fourth-order valence-corrected chi connectivity index (χ4v) is 1.96. The molecular formula is C15H31N3O2. The van der Waals surface area contributed by atoms with Crippen molar-refractivity contribution in [2.24, 2.45) is 17.6 Å². The molecule has 0 aromatic heterocycles. The van der Waals surface area contributed by atoms with E-state index in [-0.39, 0.29) is 24.3 Å². The summed E-state index contributed by atoms with van der Waals surface area (Å²) in [6.07, 6.45) is 2.12. The zero-order valence-electron chi connectivity index (χ0n) is 13.6. The Labute approximate surface area is 123 Å². The second-order valence-electron chi connectivity index (χ2n) is 5.60. The Morgan fingerprint density at radius 1 is 1.15 bits per heavy atom. The highest BCUT2D eigenvalue weighted by atomic mass is 16.2. The van der Waals surface area contributed by atoms with Gasteiger partial charge in [0.2, 0.25) is 11.8 Å². The molecule has 0 spiro atoms. The highest BCUT2D eigenvalue weighted by Gasteiger charge is 2.20. The molecule has 3 N–H and O–H groups in total. The van der Waals surface area contributed by atoms with E-state index in [0.29, 0.717) is 12.5 Å². The number of hydrogen-bond donors (Lipinski definition) is 2. The van der Waals surface area contributed by atoms with Crippen LogP contribution in [-0.2, 0) is 9.59 Å². The van der Waals surface area contributed by atoms with Crippen LogP contribution in [-0.4, -0.2) is 42.4 Å². The van der Waals surface area contributed by atoms with Crippen molar-refractivity contribution in [1.29, 1.82) is 0 Å². The monoisotopic (exact) mass is 285 g/mol. The average Bonchev–Trinajstić information content (AvgIpc) is 2.44. The Morgan fingerprint density at radius 3 is 2.10 bits per heavy atom. The number of hydrogen-bond acceptors (Lipinski definition) is 3. The van der Waals surface area contributed by atoms with Crippen LogP contribution in [0.5, 0.6) is 0 Å². The summed E-state index contributed by atoms with van der Waals surface area (Å²) in [7, 11) is 0. The van der Waals surface area contributed by atoms with E-state index >= 15 is 0 Å². The summed E-state index contributed by atoms with van der Waals surface area (Å²) in [4.78, 5) is 25.6. The molecule has 0 aliphatic carbocycles. The smallest absolute Gasteiger partial charge is 0.241 e. The van der Waals surface area contributed by atoms with Crippen LogP contribution in [0.15, 0.2) is 0 Å². The van der Waals surface area contributed by atoms with E-state index in [1.54, 1.807) is 4.90 Å². The minimum Gasteiger partial charge on any atom is -0.346 e. The van der Waals surface area contributed by atoms with E-state index in [1.165, 1.54) is 0 Å². The van der Waals surface area contributed by atoms with Gasteiger partial charge in [-0.25, -0.2) is 0 Å². The topological polar surface area (TPSA) is 75.4 Å². The second kappa shape index (κ2) is 9.75. The number of carbonyl (C=O) groups excluding carboxylic acids is 2. The third kappa shape index (κ3) is 6.37. The van der Waals surface area contributed by atoms with Crippen molar-refractivity contribution >= 4 is 11.8 Å². The minimum absolute atomic E-state index is 0.0350. The molecule has 0 rings (SSSR count). The molecule has 5 heteroatoms. The lowest BCUT2D eigenvalue weighted by atomic mass is 10.0. The lowest BCUT2D eigenvalue weighted by molar-refractivity contribution is -0.133. The molecule has 0 bridgehead atoms. The molecule has 0 heterocycles. The Kier molecular flexibility index (Phi) is 9.21. The molecule has 0 aliphatic heterocycles. The van der Waals surface area contributed by atoms with Gasteiger partial charge in [-0.3, -0.25) is 9.59 Å². The first-order valence-electron chi connectivity index (χ1n) is 7.68. The van der Waals surface area contributed by atoms with Gasteiger partial charge in [-0.05, 0) is 18.8 Å². The Hall–Kier alpha value is -1.10. The summed E-state index contributed by atoms with van der Waals surface area (Å²) < 4.78 is 0. The fraction of sp³-hybridized carbons (Fsp3) is 0.867. The van der Waals surface area contributed by atoms with E-state index < -0.39 is 6.04 Å². The number of nitrogens with zero attached hydrogens (tertiary/aromatic N) is 1. The van der Waals surface area contributed by atoms with Crippen molar-refractivity contribution in [3.8, 4) is 0 Å². The van der Waals surface area contributed by atoms with Crippen molar-refractivity contribution in [2.75, 3.05) is 19.6 Å². The van der Waals surface area contributed by atoms with E-state index in [4.69, 9.17) is 5.73 Å². The summed E-state index contributed by atoms with van der Waals surface area (Å²) in [5, 5.41) is 2.63. The molecule has 0 saturated carbocycles. The molecule has 0 aliphatic rings. The molecule has 0 unspecified atom stereocenters. The van der Waals surface area contributed by atoms with Gasteiger partial charge in [0, 0.05) is 13.1 Å². The van der Waals surface area contributed by atoms with Gasteiger partial charge in [0.15, 0.2) is 0 Å². The summed E-state index contributed by atoms with van der Waals surface area (Å²) in [6, 6.07) is -0.558. The standard InChI is InChI=1S/C15H31N3O2/c1-6-12(7-2)10-18(8-3)13(19)9-17-15(20)14(16)11(4)5/h11-12,14H,6-10,16H2,1-5H3,(H,17,20)/t14-/m0/s1. The summed E-state index contributed by atoms with van der Waals surface area (Å²) in [5.74, 6) is 0.292. The maximum absolute atomic E-state index is 12.1. The van der Waals surface area contributed by atoms with Crippen molar-refractivity contribution in [1.82, 2.24) is 10.2 Å². The van der Waals surface area contributed by atoms with E-state index in [9.17, 15) is 9.59 Å². The van der Waals surface area contributed by atoms with Gasteiger partial charge in [-0.15, -0.1) is 0 Å². The third-order valence-electron chi connectivity index (χ3n) is 3.80. The van der Waals surface area contributed by atoms with Gasteiger partial charge in [0.25, 0.3) is 0 Å². The molecule has 0 aromatic carbocycles. The molecule has 0 aromatic rings. The molecule has 118 valence electrons. The average molecular weight is 285 g/mol.